The van der Waals surface area contributed by atoms with E-state index in [0.29, 0.717) is 21.4 Å². The Kier molecular flexibility index (Phi) is 5.56. The maximum absolute atomic E-state index is 12.3. The summed E-state index contributed by atoms with van der Waals surface area (Å²) in [4.78, 5) is 16.4. The van der Waals surface area contributed by atoms with Crippen LogP contribution in [0.1, 0.15) is 23.3 Å². The zero-order valence-electron chi connectivity index (χ0n) is 12.9. The molecule has 126 valence electrons. The zero-order valence-corrected chi connectivity index (χ0v) is 14.4. The van der Waals surface area contributed by atoms with Crippen LogP contribution >= 0.6 is 23.2 Å². The molecular formula is C17H17Cl2N3O2. The first kappa shape index (κ1) is 17.0. The monoisotopic (exact) mass is 365 g/mol. The maximum atomic E-state index is 12.3. The van der Waals surface area contributed by atoms with Gasteiger partial charge in [-0.3, -0.25) is 9.78 Å². The van der Waals surface area contributed by atoms with E-state index in [4.69, 9.17) is 27.9 Å². The third-order valence-corrected chi connectivity index (χ3v) is 4.47. The average Bonchev–Trinajstić information content (AvgIpc) is 3.10. The van der Waals surface area contributed by atoms with Crippen LogP contribution in [0, 0.1) is 0 Å². The molecule has 0 bridgehead atoms. The molecule has 1 amide bonds. The van der Waals surface area contributed by atoms with E-state index in [9.17, 15) is 4.79 Å². The number of carbonyl (C=O) groups excluding carboxylic acids is 1. The molecule has 0 spiro atoms. The highest BCUT2D eigenvalue weighted by atomic mass is 35.5. The smallest absolute Gasteiger partial charge is 0.274 e. The van der Waals surface area contributed by atoms with Crippen LogP contribution in [0.2, 0.25) is 10.0 Å². The van der Waals surface area contributed by atoms with Crippen molar-refractivity contribution in [2.45, 2.75) is 18.9 Å². The minimum atomic E-state index is -0.311. The van der Waals surface area contributed by atoms with Crippen molar-refractivity contribution >= 4 is 40.5 Å². The quantitative estimate of drug-likeness (QED) is 0.831. The van der Waals surface area contributed by atoms with Gasteiger partial charge in [-0.1, -0.05) is 23.2 Å². The average molecular weight is 366 g/mol. The summed E-state index contributed by atoms with van der Waals surface area (Å²) in [5, 5.41) is 6.85. The van der Waals surface area contributed by atoms with Gasteiger partial charge < -0.3 is 15.4 Å². The third-order valence-electron chi connectivity index (χ3n) is 3.73. The molecule has 1 aliphatic heterocycles. The van der Waals surface area contributed by atoms with Gasteiger partial charge in [0.1, 0.15) is 5.69 Å². The lowest BCUT2D eigenvalue weighted by Crippen LogP contribution is -2.19. The molecule has 3 rings (SSSR count). The van der Waals surface area contributed by atoms with Crippen LogP contribution in [-0.2, 0) is 4.74 Å². The first-order valence-corrected chi connectivity index (χ1v) is 8.45. The van der Waals surface area contributed by atoms with Crippen molar-refractivity contribution in [3.8, 4) is 0 Å². The standard InChI is InChI=1S/C17H17Cl2N3O2/c18-14-4-3-12(8-15(14)19)22-17(23)16-9-11(5-6-20-16)21-10-13-2-1-7-24-13/h3-6,8-9,13H,1-2,7,10H2,(H,20,21)(H,22,23). The fraction of sp³-hybridized carbons (Fsp3) is 0.294. The van der Waals surface area contributed by atoms with E-state index in [0.717, 1.165) is 31.7 Å². The van der Waals surface area contributed by atoms with Gasteiger partial charge in [0.05, 0.1) is 16.1 Å². The highest BCUT2D eigenvalue weighted by Crippen LogP contribution is 2.25. The molecule has 1 atom stereocenters. The lowest BCUT2D eigenvalue weighted by atomic mass is 10.2. The molecule has 1 aromatic heterocycles. The summed E-state index contributed by atoms with van der Waals surface area (Å²) in [6, 6.07) is 8.45. The molecule has 1 aromatic carbocycles. The predicted molar refractivity (Wildman–Crippen MR) is 96.1 cm³/mol. The van der Waals surface area contributed by atoms with Gasteiger partial charge in [-0.25, -0.2) is 0 Å². The Morgan fingerprint density at radius 1 is 1.21 bits per heavy atom. The van der Waals surface area contributed by atoms with E-state index in [1.165, 1.54) is 0 Å². The van der Waals surface area contributed by atoms with Crippen LogP contribution < -0.4 is 10.6 Å². The molecule has 24 heavy (non-hydrogen) atoms. The second kappa shape index (κ2) is 7.83. The zero-order chi connectivity index (χ0) is 16.9. The molecular weight excluding hydrogens is 349 g/mol. The van der Waals surface area contributed by atoms with E-state index >= 15 is 0 Å². The van der Waals surface area contributed by atoms with Gasteiger partial charge in [-0.05, 0) is 43.2 Å². The van der Waals surface area contributed by atoms with Gasteiger partial charge in [0.2, 0.25) is 0 Å². The normalized spacial score (nSPS) is 16.8. The highest BCUT2D eigenvalue weighted by Gasteiger charge is 2.15. The van der Waals surface area contributed by atoms with Crippen LogP contribution in [0.5, 0.6) is 0 Å². The van der Waals surface area contributed by atoms with Crippen molar-refractivity contribution in [3.63, 3.8) is 0 Å². The predicted octanol–water partition coefficient (Wildman–Crippen LogP) is 4.23. The number of nitrogens with one attached hydrogen (secondary N) is 2. The minimum Gasteiger partial charge on any atom is -0.382 e. The van der Waals surface area contributed by atoms with Gasteiger partial charge in [-0.2, -0.15) is 0 Å². The largest absolute Gasteiger partial charge is 0.382 e. The van der Waals surface area contributed by atoms with Crippen LogP contribution in [0.15, 0.2) is 36.5 Å². The van der Waals surface area contributed by atoms with Crippen molar-refractivity contribution in [1.29, 1.82) is 0 Å². The Hall–Kier alpha value is -1.82. The summed E-state index contributed by atoms with van der Waals surface area (Å²) < 4.78 is 5.57. The highest BCUT2D eigenvalue weighted by molar-refractivity contribution is 6.42. The molecule has 1 aliphatic rings. The number of benzene rings is 1. The molecule has 1 saturated heterocycles. The van der Waals surface area contributed by atoms with Crippen molar-refractivity contribution in [1.82, 2.24) is 4.98 Å². The van der Waals surface area contributed by atoms with Crippen LogP contribution in [0.25, 0.3) is 0 Å². The summed E-state index contributed by atoms with van der Waals surface area (Å²) in [6.45, 7) is 1.54. The topological polar surface area (TPSA) is 63.2 Å². The SMILES string of the molecule is O=C(Nc1ccc(Cl)c(Cl)c1)c1cc(NCC2CCCO2)ccn1. The van der Waals surface area contributed by atoms with Gasteiger partial charge in [0.15, 0.2) is 0 Å². The number of nitrogens with zero attached hydrogens (tertiary/aromatic N) is 1. The van der Waals surface area contributed by atoms with Crippen molar-refractivity contribution in [2.24, 2.45) is 0 Å². The number of pyridine rings is 1. The van der Waals surface area contributed by atoms with Gasteiger partial charge >= 0.3 is 0 Å². The molecule has 5 nitrogen and oxygen atoms in total. The molecule has 2 N–H and O–H groups in total. The number of anilines is 2. The summed E-state index contributed by atoms with van der Waals surface area (Å²) in [6.07, 6.45) is 3.98. The number of amides is 1. The first-order chi connectivity index (χ1) is 11.6. The summed E-state index contributed by atoms with van der Waals surface area (Å²) in [7, 11) is 0. The lowest BCUT2D eigenvalue weighted by molar-refractivity contribution is 0.102. The van der Waals surface area contributed by atoms with E-state index < -0.39 is 0 Å². The Morgan fingerprint density at radius 3 is 2.83 bits per heavy atom. The molecule has 0 radical (unpaired) electrons. The minimum absolute atomic E-state index is 0.228. The van der Waals surface area contributed by atoms with E-state index in [2.05, 4.69) is 15.6 Å². The van der Waals surface area contributed by atoms with Gasteiger partial charge in [0.25, 0.3) is 5.91 Å². The number of aromatic nitrogens is 1. The van der Waals surface area contributed by atoms with E-state index in [-0.39, 0.29) is 12.0 Å². The molecule has 0 aliphatic carbocycles. The molecule has 7 heteroatoms. The number of carbonyl (C=O) groups is 1. The number of hydrogen-bond acceptors (Lipinski definition) is 4. The Bertz CT molecular complexity index is 734. The van der Waals surface area contributed by atoms with Crippen molar-refractivity contribution in [3.05, 3.63) is 52.3 Å². The Balaban J connectivity index is 1.63. The fourth-order valence-electron chi connectivity index (χ4n) is 2.47. The number of hydrogen-bond donors (Lipinski definition) is 2. The first-order valence-electron chi connectivity index (χ1n) is 7.70. The van der Waals surface area contributed by atoms with Crippen molar-refractivity contribution < 1.29 is 9.53 Å². The van der Waals surface area contributed by atoms with Gasteiger partial charge in [0, 0.05) is 30.7 Å². The number of rotatable bonds is 5. The molecule has 2 heterocycles. The van der Waals surface area contributed by atoms with Crippen molar-refractivity contribution in [2.75, 3.05) is 23.8 Å². The van der Waals surface area contributed by atoms with Crippen LogP contribution in [-0.4, -0.2) is 30.1 Å². The van der Waals surface area contributed by atoms with Gasteiger partial charge in [-0.15, -0.1) is 0 Å². The molecule has 2 aromatic rings. The Labute approximate surface area is 150 Å². The second-order valence-electron chi connectivity index (χ2n) is 5.53. The van der Waals surface area contributed by atoms with E-state index in [1.807, 2.05) is 6.07 Å². The molecule has 0 saturated carbocycles. The number of halogens is 2. The molecule has 1 fully saturated rings. The summed E-state index contributed by atoms with van der Waals surface area (Å²) in [5.41, 5.74) is 1.71. The van der Waals surface area contributed by atoms with Crippen LogP contribution in [0.4, 0.5) is 11.4 Å². The lowest BCUT2D eigenvalue weighted by Gasteiger charge is -2.12. The Morgan fingerprint density at radius 2 is 2.08 bits per heavy atom. The summed E-state index contributed by atoms with van der Waals surface area (Å²) >= 11 is 11.8. The maximum Gasteiger partial charge on any atom is 0.274 e. The second-order valence-corrected chi connectivity index (χ2v) is 6.34. The number of ether oxygens (including phenoxy) is 1. The summed E-state index contributed by atoms with van der Waals surface area (Å²) in [5.74, 6) is -0.311. The van der Waals surface area contributed by atoms with Crippen LogP contribution in [0.3, 0.4) is 0 Å². The van der Waals surface area contributed by atoms with E-state index in [1.54, 1.807) is 30.5 Å². The molecule has 1 unspecified atom stereocenters. The third kappa shape index (κ3) is 4.38. The fourth-order valence-corrected chi connectivity index (χ4v) is 2.77.